The van der Waals surface area contributed by atoms with Crippen molar-refractivity contribution in [3.8, 4) is 0 Å². The monoisotopic (exact) mass is 226 g/mol. The predicted octanol–water partition coefficient (Wildman–Crippen LogP) is 0.514. The van der Waals surface area contributed by atoms with Crippen molar-refractivity contribution >= 4 is 11.9 Å². The molecule has 0 aromatic carbocycles. The fraction of sp³-hybridized carbons (Fsp3) is 0.300. The fourth-order valence-corrected chi connectivity index (χ4v) is 1.03. The van der Waals surface area contributed by atoms with Crippen LogP contribution in [0.15, 0.2) is 18.5 Å². The van der Waals surface area contributed by atoms with Crippen LogP contribution in [0, 0.1) is 5.82 Å². The van der Waals surface area contributed by atoms with Crippen molar-refractivity contribution in [1.29, 1.82) is 0 Å². The van der Waals surface area contributed by atoms with Crippen molar-refractivity contribution in [2.75, 3.05) is 13.7 Å². The van der Waals surface area contributed by atoms with Gasteiger partial charge in [-0.3, -0.25) is 14.6 Å². The van der Waals surface area contributed by atoms with E-state index in [0.29, 0.717) is 0 Å². The summed E-state index contributed by atoms with van der Waals surface area (Å²) < 4.78 is 17.5. The predicted molar refractivity (Wildman–Crippen MR) is 53.2 cm³/mol. The maximum absolute atomic E-state index is 13.1. The summed E-state index contributed by atoms with van der Waals surface area (Å²) in [5, 5.41) is 2.40. The standard InChI is InChI=1S/C10H11FN2O3/c1-16-9(14)3-5-13-10(15)7-2-4-12-6-8(7)11/h2,4,6H,3,5H2,1H3,(H,13,15). The lowest BCUT2D eigenvalue weighted by Crippen LogP contribution is -2.27. The highest BCUT2D eigenvalue weighted by molar-refractivity contribution is 5.94. The second-order valence-corrected chi connectivity index (χ2v) is 2.94. The van der Waals surface area contributed by atoms with E-state index in [4.69, 9.17) is 0 Å². The number of methoxy groups -OCH3 is 1. The van der Waals surface area contributed by atoms with E-state index in [0.717, 1.165) is 6.20 Å². The molecule has 1 N–H and O–H groups in total. The molecule has 0 atom stereocenters. The summed E-state index contributed by atoms with van der Waals surface area (Å²) in [5.74, 6) is -1.71. The van der Waals surface area contributed by atoms with Gasteiger partial charge in [0.1, 0.15) is 0 Å². The van der Waals surface area contributed by atoms with E-state index in [1.807, 2.05) is 0 Å². The number of aromatic nitrogens is 1. The van der Waals surface area contributed by atoms with Gasteiger partial charge in [0.15, 0.2) is 5.82 Å². The Labute approximate surface area is 91.6 Å². The number of carbonyl (C=O) groups is 2. The zero-order valence-electron chi connectivity index (χ0n) is 8.70. The fourth-order valence-electron chi connectivity index (χ4n) is 1.03. The van der Waals surface area contributed by atoms with Crippen molar-refractivity contribution in [2.45, 2.75) is 6.42 Å². The average Bonchev–Trinajstić information content (AvgIpc) is 2.29. The van der Waals surface area contributed by atoms with Crippen molar-refractivity contribution < 1.29 is 18.7 Å². The van der Waals surface area contributed by atoms with Crippen molar-refractivity contribution in [1.82, 2.24) is 10.3 Å². The van der Waals surface area contributed by atoms with E-state index in [9.17, 15) is 14.0 Å². The number of hydrogen-bond donors (Lipinski definition) is 1. The third kappa shape index (κ3) is 3.30. The van der Waals surface area contributed by atoms with Crippen molar-refractivity contribution in [3.05, 3.63) is 29.8 Å². The molecule has 0 radical (unpaired) electrons. The molecule has 0 saturated heterocycles. The van der Waals surface area contributed by atoms with E-state index < -0.39 is 17.7 Å². The summed E-state index contributed by atoms with van der Waals surface area (Å²) in [4.78, 5) is 25.7. The first kappa shape index (κ1) is 12.1. The van der Waals surface area contributed by atoms with E-state index in [1.54, 1.807) is 0 Å². The molecule has 1 amide bonds. The molecule has 1 rings (SSSR count). The lowest BCUT2D eigenvalue weighted by molar-refractivity contribution is -0.140. The van der Waals surface area contributed by atoms with Crippen LogP contribution in [0.2, 0.25) is 0 Å². The van der Waals surface area contributed by atoms with Gasteiger partial charge in [-0.2, -0.15) is 0 Å². The highest BCUT2D eigenvalue weighted by Crippen LogP contribution is 2.03. The van der Waals surface area contributed by atoms with E-state index in [2.05, 4.69) is 15.0 Å². The minimum Gasteiger partial charge on any atom is -0.469 e. The van der Waals surface area contributed by atoms with Gasteiger partial charge in [0, 0.05) is 12.7 Å². The summed E-state index contributed by atoms with van der Waals surface area (Å²) in [6.07, 6.45) is 2.32. The minimum absolute atomic E-state index is 0.0505. The van der Waals surface area contributed by atoms with Crippen LogP contribution in [0.4, 0.5) is 4.39 Å². The molecule has 5 nitrogen and oxygen atoms in total. The largest absolute Gasteiger partial charge is 0.469 e. The third-order valence-electron chi connectivity index (χ3n) is 1.86. The number of pyridine rings is 1. The Morgan fingerprint density at radius 3 is 2.94 bits per heavy atom. The summed E-state index contributed by atoms with van der Waals surface area (Å²) in [6.45, 7) is 0.104. The van der Waals surface area contributed by atoms with Gasteiger partial charge in [0.2, 0.25) is 0 Å². The Morgan fingerprint density at radius 2 is 2.31 bits per heavy atom. The van der Waals surface area contributed by atoms with Gasteiger partial charge in [-0.1, -0.05) is 0 Å². The van der Waals surface area contributed by atoms with Gasteiger partial charge in [-0.15, -0.1) is 0 Å². The van der Waals surface area contributed by atoms with Gasteiger partial charge in [0.05, 0.1) is 25.3 Å². The Hall–Kier alpha value is -1.98. The maximum atomic E-state index is 13.1. The van der Waals surface area contributed by atoms with Gasteiger partial charge in [0.25, 0.3) is 5.91 Å². The zero-order chi connectivity index (χ0) is 12.0. The molecule has 1 aromatic heterocycles. The smallest absolute Gasteiger partial charge is 0.307 e. The topological polar surface area (TPSA) is 68.3 Å². The van der Waals surface area contributed by atoms with Crippen LogP contribution in [0.5, 0.6) is 0 Å². The molecule has 0 spiro atoms. The minimum atomic E-state index is -0.696. The molecule has 1 heterocycles. The molecule has 0 aliphatic carbocycles. The Kier molecular flexibility index (Phi) is 4.38. The molecule has 0 unspecified atom stereocenters. The SMILES string of the molecule is COC(=O)CCNC(=O)c1ccncc1F. The number of hydrogen-bond acceptors (Lipinski definition) is 4. The molecule has 0 fully saturated rings. The first-order valence-corrected chi connectivity index (χ1v) is 4.59. The maximum Gasteiger partial charge on any atom is 0.307 e. The lowest BCUT2D eigenvalue weighted by atomic mass is 10.2. The highest BCUT2D eigenvalue weighted by atomic mass is 19.1. The molecule has 1 aromatic rings. The number of halogens is 1. The normalized spacial score (nSPS) is 9.62. The summed E-state index contributed by atoms with van der Waals surface area (Å²) in [6, 6.07) is 1.27. The molecule has 0 aliphatic heterocycles. The Bertz CT molecular complexity index is 395. The summed E-state index contributed by atoms with van der Waals surface area (Å²) >= 11 is 0. The lowest BCUT2D eigenvalue weighted by Gasteiger charge is -2.04. The van der Waals surface area contributed by atoms with Gasteiger partial charge in [-0.25, -0.2) is 4.39 Å². The number of nitrogens with one attached hydrogen (secondary N) is 1. The van der Waals surface area contributed by atoms with Crippen LogP contribution in [0.3, 0.4) is 0 Å². The molecule has 16 heavy (non-hydrogen) atoms. The van der Waals surface area contributed by atoms with Gasteiger partial charge >= 0.3 is 5.97 Å². The molecule has 0 aliphatic rings. The highest BCUT2D eigenvalue weighted by Gasteiger charge is 2.11. The third-order valence-corrected chi connectivity index (χ3v) is 1.86. The second-order valence-electron chi connectivity index (χ2n) is 2.94. The average molecular weight is 226 g/mol. The molecular formula is C10H11FN2O3. The number of nitrogens with zero attached hydrogens (tertiary/aromatic N) is 1. The first-order chi connectivity index (χ1) is 7.65. The first-order valence-electron chi connectivity index (χ1n) is 4.59. The Morgan fingerprint density at radius 1 is 1.56 bits per heavy atom. The number of carbonyl (C=O) groups excluding carboxylic acids is 2. The van der Waals surface area contributed by atoms with Gasteiger partial charge < -0.3 is 10.1 Å². The van der Waals surface area contributed by atoms with Crippen LogP contribution < -0.4 is 5.32 Å². The number of ether oxygens (including phenoxy) is 1. The summed E-state index contributed by atoms with van der Waals surface area (Å²) in [5.41, 5.74) is -0.0973. The van der Waals surface area contributed by atoms with Crippen LogP contribution in [0.25, 0.3) is 0 Å². The molecular weight excluding hydrogens is 215 g/mol. The zero-order valence-corrected chi connectivity index (χ0v) is 8.70. The van der Waals surface area contributed by atoms with E-state index in [-0.39, 0.29) is 18.5 Å². The number of amides is 1. The summed E-state index contributed by atoms with van der Waals surface area (Å²) in [7, 11) is 1.26. The van der Waals surface area contributed by atoms with Crippen LogP contribution in [-0.2, 0) is 9.53 Å². The van der Waals surface area contributed by atoms with Gasteiger partial charge in [-0.05, 0) is 6.07 Å². The molecule has 0 bridgehead atoms. The van der Waals surface area contributed by atoms with E-state index in [1.165, 1.54) is 19.4 Å². The second kappa shape index (κ2) is 5.79. The molecule has 0 saturated carbocycles. The quantitative estimate of drug-likeness (QED) is 0.760. The van der Waals surface area contributed by atoms with Crippen LogP contribution >= 0.6 is 0 Å². The molecule has 86 valence electrons. The van der Waals surface area contributed by atoms with Crippen molar-refractivity contribution in [2.24, 2.45) is 0 Å². The van der Waals surface area contributed by atoms with E-state index >= 15 is 0 Å². The van der Waals surface area contributed by atoms with Crippen molar-refractivity contribution in [3.63, 3.8) is 0 Å². The number of esters is 1. The van der Waals surface area contributed by atoms with Crippen LogP contribution in [-0.4, -0.2) is 30.5 Å². The Balaban J connectivity index is 2.47. The number of rotatable bonds is 4. The molecule has 6 heteroatoms. The van der Waals surface area contributed by atoms with Crippen LogP contribution in [0.1, 0.15) is 16.8 Å².